The Morgan fingerprint density at radius 2 is 1.41 bits per heavy atom. The zero-order valence-electron chi connectivity index (χ0n) is 22.7. The summed E-state index contributed by atoms with van der Waals surface area (Å²) in [5.74, 6) is -0.414. The minimum atomic E-state index is -0.477. The fourth-order valence-electron chi connectivity index (χ4n) is 3.02. The van der Waals surface area contributed by atoms with Gasteiger partial charge in [-0.2, -0.15) is 0 Å². The molecule has 214 valence electrons. The van der Waals surface area contributed by atoms with Crippen LogP contribution in [0.4, 0.5) is 0 Å². The van der Waals surface area contributed by atoms with Crippen LogP contribution in [0.2, 0.25) is 0 Å². The molecule has 10 nitrogen and oxygen atoms in total. The van der Waals surface area contributed by atoms with E-state index in [0.29, 0.717) is 57.6 Å². The van der Waals surface area contributed by atoms with Gasteiger partial charge in [0.25, 0.3) is 5.91 Å². The van der Waals surface area contributed by atoms with Gasteiger partial charge in [-0.25, -0.2) is 0 Å². The molecule has 0 aromatic heterocycles. The van der Waals surface area contributed by atoms with Crippen molar-refractivity contribution in [2.45, 2.75) is 26.9 Å². The molecule has 0 spiro atoms. The highest BCUT2D eigenvalue weighted by atomic mass is 16.6. The van der Waals surface area contributed by atoms with Crippen molar-refractivity contribution in [3.63, 3.8) is 0 Å². The Morgan fingerprint density at radius 3 is 2.10 bits per heavy atom. The molecule has 0 fully saturated rings. The van der Waals surface area contributed by atoms with Crippen LogP contribution in [0.15, 0.2) is 54.6 Å². The fraction of sp³-hybridized carbons (Fsp3) is 0.483. The highest BCUT2D eigenvalue weighted by Crippen LogP contribution is 2.13. The molecule has 0 radical (unpaired) electrons. The van der Waals surface area contributed by atoms with Gasteiger partial charge in [0.1, 0.15) is 25.5 Å². The Labute approximate surface area is 229 Å². The zero-order valence-corrected chi connectivity index (χ0v) is 22.7. The first kappa shape index (κ1) is 31.7. The molecule has 0 heterocycles. The molecular weight excluding hydrogens is 506 g/mol. The minimum Gasteiger partial charge on any atom is -0.491 e. The summed E-state index contributed by atoms with van der Waals surface area (Å²) in [6, 6.07) is 16.2. The van der Waals surface area contributed by atoms with Crippen LogP contribution in [0.1, 0.15) is 36.2 Å². The molecule has 0 saturated heterocycles. The molecule has 0 aliphatic rings. The maximum absolute atomic E-state index is 12.3. The lowest BCUT2D eigenvalue weighted by Crippen LogP contribution is -2.31. The Balaban J connectivity index is 1.43. The SMILES string of the molecule is CC(C)COC(=O)CNC(=O)c1cccc(OCCOCCOCCOCCC(=O)OCc2ccccc2)c1. The zero-order chi connectivity index (χ0) is 28.1. The van der Waals surface area contributed by atoms with E-state index in [9.17, 15) is 14.4 Å². The number of carbonyl (C=O) groups excluding carboxylic acids is 3. The second kappa shape index (κ2) is 19.6. The molecule has 0 aliphatic heterocycles. The van der Waals surface area contributed by atoms with Crippen molar-refractivity contribution >= 4 is 17.8 Å². The number of esters is 2. The van der Waals surface area contributed by atoms with Crippen LogP contribution < -0.4 is 10.1 Å². The number of hydrogen-bond donors (Lipinski definition) is 1. The molecule has 2 aromatic carbocycles. The van der Waals surface area contributed by atoms with Crippen molar-refractivity contribution < 1.29 is 42.8 Å². The fourth-order valence-corrected chi connectivity index (χ4v) is 3.02. The van der Waals surface area contributed by atoms with Gasteiger partial charge in [0.05, 0.1) is 52.7 Å². The molecule has 1 amide bonds. The summed E-state index contributed by atoms with van der Waals surface area (Å²) in [6.07, 6.45) is 0.191. The smallest absolute Gasteiger partial charge is 0.325 e. The summed E-state index contributed by atoms with van der Waals surface area (Å²) >= 11 is 0. The number of amides is 1. The highest BCUT2D eigenvalue weighted by molar-refractivity contribution is 5.96. The molecule has 0 aliphatic carbocycles. The van der Waals surface area contributed by atoms with Gasteiger partial charge in [-0.3, -0.25) is 14.4 Å². The van der Waals surface area contributed by atoms with E-state index < -0.39 is 5.97 Å². The summed E-state index contributed by atoms with van der Waals surface area (Å²) in [6.45, 7) is 6.74. The van der Waals surface area contributed by atoms with E-state index in [-0.39, 0.29) is 44.0 Å². The Hall–Kier alpha value is -3.47. The van der Waals surface area contributed by atoms with Crippen LogP contribution in [0, 0.1) is 5.92 Å². The van der Waals surface area contributed by atoms with Crippen LogP contribution in [0.5, 0.6) is 5.75 Å². The van der Waals surface area contributed by atoms with Crippen LogP contribution in [0.3, 0.4) is 0 Å². The van der Waals surface area contributed by atoms with Crippen molar-refractivity contribution in [1.82, 2.24) is 5.32 Å². The monoisotopic (exact) mass is 545 g/mol. The Morgan fingerprint density at radius 1 is 0.744 bits per heavy atom. The average molecular weight is 546 g/mol. The van der Waals surface area contributed by atoms with Gasteiger partial charge in [-0.05, 0) is 29.7 Å². The lowest BCUT2D eigenvalue weighted by molar-refractivity contribution is -0.146. The summed E-state index contributed by atoms with van der Waals surface area (Å²) in [7, 11) is 0. The molecule has 2 aromatic rings. The Kier molecular flexibility index (Phi) is 15.9. The Bertz CT molecular complexity index is 982. The van der Waals surface area contributed by atoms with Crippen molar-refractivity contribution in [2.24, 2.45) is 5.92 Å². The molecule has 39 heavy (non-hydrogen) atoms. The van der Waals surface area contributed by atoms with Crippen LogP contribution in [-0.4, -0.2) is 77.2 Å². The van der Waals surface area contributed by atoms with E-state index >= 15 is 0 Å². The lowest BCUT2D eigenvalue weighted by Gasteiger charge is -2.10. The molecule has 0 saturated carbocycles. The topological polar surface area (TPSA) is 119 Å². The van der Waals surface area contributed by atoms with Gasteiger partial charge in [0.2, 0.25) is 0 Å². The largest absolute Gasteiger partial charge is 0.491 e. The number of carbonyl (C=O) groups is 3. The van der Waals surface area contributed by atoms with E-state index in [1.165, 1.54) is 0 Å². The predicted octanol–water partition coefficient (Wildman–Crippen LogP) is 3.18. The normalized spacial score (nSPS) is 10.7. The third-order valence-corrected chi connectivity index (χ3v) is 5.00. The van der Waals surface area contributed by atoms with Crippen molar-refractivity contribution in [1.29, 1.82) is 0 Å². The number of ether oxygens (including phenoxy) is 6. The van der Waals surface area contributed by atoms with Gasteiger partial charge in [0, 0.05) is 5.56 Å². The van der Waals surface area contributed by atoms with E-state index in [4.69, 9.17) is 28.4 Å². The first-order chi connectivity index (χ1) is 18.9. The summed E-state index contributed by atoms with van der Waals surface area (Å²) in [5, 5.41) is 2.54. The molecule has 2 rings (SSSR count). The number of benzene rings is 2. The molecule has 0 unspecified atom stereocenters. The maximum Gasteiger partial charge on any atom is 0.325 e. The standard InChI is InChI=1S/C29H39NO9/c1-23(2)21-38-28(32)20-30-29(33)25-9-6-10-26(19-25)37-18-17-36-16-15-35-14-13-34-12-11-27(31)39-22-24-7-4-3-5-8-24/h3-10,19,23H,11-18,20-22H2,1-2H3,(H,30,33). The van der Waals surface area contributed by atoms with Crippen molar-refractivity contribution in [2.75, 3.05) is 59.4 Å². The summed E-state index contributed by atoms with van der Waals surface area (Å²) in [5.41, 5.74) is 1.33. The summed E-state index contributed by atoms with van der Waals surface area (Å²) < 4.78 is 32.1. The van der Waals surface area contributed by atoms with E-state index in [1.54, 1.807) is 24.3 Å². The van der Waals surface area contributed by atoms with E-state index in [1.807, 2.05) is 44.2 Å². The van der Waals surface area contributed by atoms with Crippen LogP contribution in [0.25, 0.3) is 0 Å². The van der Waals surface area contributed by atoms with Gasteiger partial charge >= 0.3 is 11.9 Å². The third kappa shape index (κ3) is 15.5. The molecule has 10 heteroatoms. The van der Waals surface area contributed by atoms with Gasteiger partial charge in [-0.15, -0.1) is 0 Å². The predicted molar refractivity (Wildman–Crippen MR) is 143 cm³/mol. The quantitative estimate of drug-likeness (QED) is 0.198. The van der Waals surface area contributed by atoms with Gasteiger partial charge in [-0.1, -0.05) is 50.2 Å². The lowest BCUT2D eigenvalue weighted by atomic mass is 10.2. The average Bonchev–Trinajstić information content (AvgIpc) is 2.95. The van der Waals surface area contributed by atoms with Gasteiger partial charge in [0.15, 0.2) is 0 Å². The van der Waals surface area contributed by atoms with Crippen LogP contribution in [-0.2, 0) is 39.9 Å². The second-order valence-electron chi connectivity index (χ2n) is 8.87. The van der Waals surface area contributed by atoms with Crippen molar-refractivity contribution in [3.05, 3.63) is 65.7 Å². The first-order valence-corrected chi connectivity index (χ1v) is 13.0. The number of nitrogens with one attached hydrogen (secondary N) is 1. The summed E-state index contributed by atoms with van der Waals surface area (Å²) in [4.78, 5) is 35.6. The minimum absolute atomic E-state index is 0.191. The van der Waals surface area contributed by atoms with Crippen molar-refractivity contribution in [3.8, 4) is 5.75 Å². The van der Waals surface area contributed by atoms with Crippen LogP contribution >= 0.6 is 0 Å². The molecule has 1 N–H and O–H groups in total. The molecular formula is C29H39NO9. The van der Waals surface area contributed by atoms with E-state index in [0.717, 1.165) is 5.56 Å². The number of hydrogen-bond acceptors (Lipinski definition) is 9. The highest BCUT2D eigenvalue weighted by Gasteiger charge is 2.10. The van der Waals surface area contributed by atoms with Gasteiger partial charge < -0.3 is 33.7 Å². The van der Waals surface area contributed by atoms with E-state index in [2.05, 4.69) is 5.32 Å². The first-order valence-electron chi connectivity index (χ1n) is 13.0. The second-order valence-corrected chi connectivity index (χ2v) is 8.87. The third-order valence-electron chi connectivity index (χ3n) is 5.00. The molecule has 0 atom stereocenters. The molecule has 0 bridgehead atoms. The maximum atomic E-state index is 12.3. The number of rotatable bonds is 20.